The summed E-state index contributed by atoms with van der Waals surface area (Å²) in [6, 6.07) is 0.0659. The van der Waals surface area contributed by atoms with Gasteiger partial charge in [-0.2, -0.15) is 0 Å². The molecule has 31 heavy (non-hydrogen) atoms. The maximum Gasteiger partial charge on any atom is 0.316 e. The summed E-state index contributed by atoms with van der Waals surface area (Å²) >= 11 is 0. The zero-order chi connectivity index (χ0) is 23.1. The van der Waals surface area contributed by atoms with Gasteiger partial charge in [0.2, 0.25) is 5.91 Å². The molecule has 1 saturated heterocycles. The van der Waals surface area contributed by atoms with Gasteiger partial charge in [-0.15, -0.1) is 0 Å². The second-order valence-corrected chi connectivity index (χ2v) is 6.24. The fourth-order valence-electron chi connectivity index (χ4n) is 2.66. The van der Waals surface area contributed by atoms with Crippen LogP contribution in [0.3, 0.4) is 0 Å². The number of primary amides is 1. The second kappa shape index (κ2) is 10.6. The predicted octanol–water partition coefficient (Wildman–Crippen LogP) is 0.344. The van der Waals surface area contributed by atoms with Crippen molar-refractivity contribution in [1.82, 2.24) is 10.6 Å². The van der Waals surface area contributed by atoms with Crippen LogP contribution in [0.2, 0.25) is 0 Å². The van der Waals surface area contributed by atoms with Gasteiger partial charge < -0.3 is 31.3 Å². The zero-order valence-electron chi connectivity index (χ0n) is 15.9. The van der Waals surface area contributed by atoms with E-state index in [-0.39, 0.29) is 31.1 Å². The van der Waals surface area contributed by atoms with Crippen LogP contribution in [0.25, 0.3) is 0 Å². The number of alkyl halides is 4. The maximum atomic E-state index is 13.6. The number of halogens is 4. The van der Waals surface area contributed by atoms with Crippen molar-refractivity contribution in [3.63, 3.8) is 0 Å². The van der Waals surface area contributed by atoms with E-state index in [2.05, 4.69) is 5.32 Å². The van der Waals surface area contributed by atoms with Crippen LogP contribution in [0, 0.1) is 0 Å². The van der Waals surface area contributed by atoms with Crippen LogP contribution >= 0.6 is 0 Å². The van der Waals surface area contributed by atoms with Crippen LogP contribution in [0.5, 0.6) is 0 Å². The van der Waals surface area contributed by atoms with Crippen LogP contribution in [-0.2, 0) is 19.1 Å². The number of ether oxygens (including phenoxy) is 1. The molecule has 1 atom stereocenters. The molecule has 1 aliphatic heterocycles. The highest BCUT2D eigenvalue weighted by molar-refractivity contribution is 6.11. The minimum atomic E-state index is -3.01. The summed E-state index contributed by atoms with van der Waals surface area (Å²) in [4.78, 5) is 48.3. The number of carbonyl (C=O) groups excluding carboxylic acids is 4. The summed E-state index contributed by atoms with van der Waals surface area (Å²) in [5.41, 5.74) is 4.23. The third-order valence-corrected chi connectivity index (χ3v) is 4.05. The molecule has 1 fully saturated rings. The summed E-state index contributed by atoms with van der Waals surface area (Å²) in [6.45, 7) is -1.07. The summed E-state index contributed by atoms with van der Waals surface area (Å²) in [5, 5.41) is 5.68. The Morgan fingerprint density at radius 3 is 2.48 bits per heavy atom. The van der Waals surface area contributed by atoms with E-state index in [9.17, 15) is 36.7 Å². The number of carbonyl (C=O) groups is 4. The first-order valence-corrected chi connectivity index (χ1v) is 8.83. The molecule has 0 spiro atoms. The fourth-order valence-corrected chi connectivity index (χ4v) is 2.66. The van der Waals surface area contributed by atoms with Crippen LogP contribution in [-0.4, -0.2) is 62.5 Å². The number of hydrogen-bond donors (Lipinski definition) is 4. The Balaban J connectivity index is 2.17. The van der Waals surface area contributed by atoms with Gasteiger partial charge in [-0.25, -0.2) is 22.4 Å². The van der Waals surface area contributed by atoms with Crippen molar-refractivity contribution in [2.45, 2.75) is 18.9 Å². The van der Waals surface area contributed by atoms with Gasteiger partial charge in [0.1, 0.15) is 6.61 Å². The fraction of sp³-hybridized carbons (Fsp3) is 0.412. The minimum absolute atomic E-state index is 0.0612. The molecule has 170 valence electrons. The van der Waals surface area contributed by atoms with Gasteiger partial charge in [0.05, 0.1) is 18.8 Å². The van der Waals surface area contributed by atoms with E-state index < -0.39 is 54.8 Å². The van der Waals surface area contributed by atoms with E-state index in [1.54, 1.807) is 5.32 Å². The molecular formula is C17H19F4N5O5. The number of rotatable bonds is 8. The maximum absolute atomic E-state index is 13.6. The van der Waals surface area contributed by atoms with Crippen LogP contribution < -0.4 is 26.6 Å². The highest BCUT2D eigenvalue weighted by Crippen LogP contribution is 2.33. The normalized spacial score (nSPS) is 15.0. The van der Waals surface area contributed by atoms with Gasteiger partial charge in [0.25, 0.3) is 24.7 Å². The third kappa shape index (κ3) is 6.53. The average Bonchev–Trinajstić information content (AvgIpc) is 2.70. The molecule has 0 radical (unpaired) electrons. The van der Waals surface area contributed by atoms with Crippen LogP contribution in [0.1, 0.15) is 12.0 Å². The number of benzene rings is 1. The van der Waals surface area contributed by atoms with Crippen molar-refractivity contribution in [2.75, 3.05) is 36.5 Å². The zero-order valence-corrected chi connectivity index (χ0v) is 15.9. The van der Waals surface area contributed by atoms with Gasteiger partial charge in [0.15, 0.2) is 6.04 Å². The number of anilines is 2. The number of nitrogens with two attached hydrogens (primary N) is 1. The number of morpholine rings is 1. The van der Waals surface area contributed by atoms with E-state index in [0.29, 0.717) is 0 Å². The molecule has 0 aromatic heterocycles. The van der Waals surface area contributed by atoms with E-state index >= 15 is 0 Å². The van der Waals surface area contributed by atoms with Gasteiger partial charge in [0, 0.05) is 17.8 Å². The largest absolute Gasteiger partial charge is 0.370 e. The van der Waals surface area contributed by atoms with Crippen molar-refractivity contribution >= 4 is 35.1 Å². The van der Waals surface area contributed by atoms with Crippen molar-refractivity contribution in [1.29, 1.82) is 0 Å². The van der Waals surface area contributed by atoms with Gasteiger partial charge in [-0.05, 0) is 18.2 Å². The predicted molar refractivity (Wildman–Crippen MR) is 98.7 cm³/mol. The van der Waals surface area contributed by atoms with Crippen molar-refractivity contribution in [3.8, 4) is 0 Å². The monoisotopic (exact) mass is 449 g/mol. The standard InChI is InChI=1S/C17H19F4N5O5/c18-11(19)6-23-17(30)25-13(15(22)28)16(29)24-8-1-2-10(9(5-8)14(20)21)26-3-4-31-7-12(26)27/h1-2,5,11,13-14H,3-4,6-7H2,(H2,22,28)(H,24,29)(H2,23,25,30)/t13-/m1/s1. The van der Waals surface area contributed by atoms with E-state index in [0.717, 1.165) is 11.0 Å². The first kappa shape index (κ1) is 23.9. The van der Waals surface area contributed by atoms with Gasteiger partial charge in [-0.3, -0.25) is 14.4 Å². The smallest absolute Gasteiger partial charge is 0.316 e. The number of nitrogens with one attached hydrogen (secondary N) is 3. The lowest BCUT2D eigenvalue weighted by Crippen LogP contribution is -2.54. The molecule has 1 aliphatic rings. The van der Waals surface area contributed by atoms with Crippen LogP contribution in [0.15, 0.2) is 18.2 Å². The third-order valence-electron chi connectivity index (χ3n) is 4.05. The molecule has 5 amide bonds. The Kier molecular flexibility index (Phi) is 8.13. The molecule has 14 heteroatoms. The molecule has 10 nitrogen and oxygen atoms in total. The van der Waals surface area contributed by atoms with Gasteiger partial charge in [-0.1, -0.05) is 0 Å². The van der Waals surface area contributed by atoms with Crippen molar-refractivity contribution in [2.24, 2.45) is 5.73 Å². The Bertz CT molecular complexity index is 854. The Hall–Kier alpha value is -3.42. The molecule has 0 unspecified atom stereocenters. The Morgan fingerprint density at radius 1 is 1.19 bits per heavy atom. The van der Waals surface area contributed by atoms with Crippen molar-refractivity contribution in [3.05, 3.63) is 23.8 Å². The molecule has 0 aliphatic carbocycles. The summed E-state index contributed by atoms with van der Waals surface area (Å²) < 4.78 is 56.3. The number of hydrogen-bond acceptors (Lipinski definition) is 5. The molecular weight excluding hydrogens is 430 g/mol. The van der Waals surface area contributed by atoms with Crippen LogP contribution in [0.4, 0.5) is 33.7 Å². The summed E-state index contributed by atoms with van der Waals surface area (Å²) in [7, 11) is 0. The SMILES string of the molecule is NC(=O)[C@@H](NC(=O)NCC(F)F)C(=O)Nc1ccc(N2CCOCC2=O)c(C(F)F)c1. The first-order valence-electron chi connectivity index (χ1n) is 8.83. The molecule has 0 bridgehead atoms. The van der Waals surface area contributed by atoms with E-state index in [1.165, 1.54) is 12.1 Å². The molecule has 5 N–H and O–H groups in total. The van der Waals surface area contributed by atoms with E-state index in [1.807, 2.05) is 5.32 Å². The number of amides is 5. The highest BCUT2D eigenvalue weighted by atomic mass is 19.3. The number of nitrogens with zero attached hydrogens (tertiary/aromatic N) is 1. The lowest BCUT2D eigenvalue weighted by molar-refractivity contribution is -0.128. The molecule has 2 rings (SSSR count). The van der Waals surface area contributed by atoms with Gasteiger partial charge >= 0.3 is 6.03 Å². The quantitative estimate of drug-likeness (QED) is 0.335. The van der Waals surface area contributed by atoms with E-state index in [4.69, 9.17) is 10.5 Å². The topological polar surface area (TPSA) is 143 Å². The first-order chi connectivity index (χ1) is 14.6. The minimum Gasteiger partial charge on any atom is -0.370 e. The lowest BCUT2D eigenvalue weighted by atomic mass is 10.1. The average molecular weight is 449 g/mol. The number of urea groups is 1. The summed E-state index contributed by atoms with van der Waals surface area (Å²) in [5.74, 6) is -3.01. The summed E-state index contributed by atoms with van der Waals surface area (Å²) in [6.07, 6.45) is -5.87. The molecule has 1 heterocycles. The Labute approximate surface area is 173 Å². The lowest BCUT2D eigenvalue weighted by Gasteiger charge is -2.29. The van der Waals surface area contributed by atoms with Crippen molar-refractivity contribution < 1.29 is 41.5 Å². The molecule has 1 aromatic rings. The highest BCUT2D eigenvalue weighted by Gasteiger charge is 2.29. The molecule has 1 aromatic carbocycles. The second-order valence-electron chi connectivity index (χ2n) is 6.24. The molecule has 0 saturated carbocycles. The Morgan fingerprint density at radius 2 is 1.90 bits per heavy atom.